The standard InChI is InChI=1S/C12H13NO2/c1-3-13-10-7-5-4-6-9(10)11(8(2)14)12(13)15/h4-7,11H,3H2,1-2H3. The van der Waals surface area contributed by atoms with Gasteiger partial charge in [-0.25, -0.2) is 0 Å². The number of amides is 1. The third-order valence-electron chi connectivity index (χ3n) is 2.77. The number of benzene rings is 1. The minimum atomic E-state index is -0.582. The fourth-order valence-electron chi connectivity index (χ4n) is 2.10. The summed E-state index contributed by atoms with van der Waals surface area (Å²) < 4.78 is 0. The molecule has 1 heterocycles. The zero-order valence-electron chi connectivity index (χ0n) is 8.86. The van der Waals surface area contributed by atoms with E-state index in [4.69, 9.17) is 0 Å². The van der Waals surface area contributed by atoms with Crippen LogP contribution in [0.5, 0.6) is 0 Å². The number of fused-ring (bicyclic) bond motifs is 1. The molecule has 1 aliphatic rings. The van der Waals surface area contributed by atoms with E-state index in [0.29, 0.717) is 6.54 Å². The number of ketones is 1. The van der Waals surface area contributed by atoms with Crippen LogP contribution in [0.15, 0.2) is 24.3 Å². The molecule has 0 bridgehead atoms. The molecule has 78 valence electrons. The van der Waals surface area contributed by atoms with Crippen molar-refractivity contribution in [2.75, 3.05) is 11.4 Å². The molecule has 1 atom stereocenters. The molecule has 0 saturated heterocycles. The van der Waals surface area contributed by atoms with E-state index >= 15 is 0 Å². The average Bonchev–Trinajstić information content (AvgIpc) is 2.49. The van der Waals surface area contributed by atoms with Crippen LogP contribution in [0.3, 0.4) is 0 Å². The number of carbonyl (C=O) groups excluding carboxylic acids is 2. The van der Waals surface area contributed by atoms with Gasteiger partial charge in [0.15, 0.2) is 0 Å². The van der Waals surface area contributed by atoms with E-state index < -0.39 is 5.92 Å². The molecular formula is C12H13NO2. The fourth-order valence-corrected chi connectivity index (χ4v) is 2.10. The van der Waals surface area contributed by atoms with Crippen molar-refractivity contribution in [2.24, 2.45) is 0 Å². The van der Waals surface area contributed by atoms with Gasteiger partial charge in [0.1, 0.15) is 11.7 Å². The van der Waals surface area contributed by atoms with Crippen LogP contribution in [-0.4, -0.2) is 18.2 Å². The lowest BCUT2D eigenvalue weighted by Gasteiger charge is -2.14. The second kappa shape index (κ2) is 3.50. The normalized spacial score (nSPS) is 19.2. The summed E-state index contributed by atoms with van der Waals surface area (Å²) in [5.41, 5.74) is 1.72. The van der Waals surface area contributed by atoms with Gasteiger partial charge < -0.3 is 4.90 Å². The van der Waals surface area contributed by atoms with E-state index in [1.54, 1.807) is 4.90 Å². The zero-order chi connectivity index (χ0) is 11.0. The summed E-state index contributed by atoms with van der Waals surface area (Å²) >= 11 is 0. The highest BCUT2D eigenvalue weighted by Gasteiger charge is 2.38. The average molecular weight is 203 g/mol. The number of likely N-dealkylation sites (N-methyl/N-ethyl adjacent to an activating group) is 1. The third-order valence-corrected chi connectivity index (χ3v) is 2.77. The summed E-state index contributed by atoms with van der Waals surface area (Å²) in [6, 6.07) is 7.49. The molecule has 0 N–H and O–H groups in total. The summed E-state index contributed by atoms with van der Waals surface area (Å²) in [7, 11) is 0. The Bertz CT molecular complexity index is 425. The van der Waals surface area contributed by atoms with E-state index in [-0.39, 0.29) is 11.7 Å². The van der Waals surface area contributed by atoms with E-state index in [9.17, 15) is 9.59 Å². The van der Waals surface area contributed by atoms with Crippen molar-refractivity contribution in [1.29, 1.82) is 0 Å². The Morgan fingerprint density at radius 2 is 2.07 bits per heavy atom. The number of para-hydroxylation sites is 1. The van der Waals surface area contributed by atoms with Gasteiger partial charge in [0, 0.05) is 12.2 Å². The molecule has 0 spiro atoms. The van der Waals surface area contributed by atoms with Crippen molar-refractivity contribution in [3.05, 3.63) is 29.8 Å². The van der Waals surface area contributed by atoms with Crippen molar-refractivity contribution >= 4 is 17.4 Å². The van der Waals surface area contributed by atoms with Crippen molar-refractivity contribution in [2.45, 2.75) is 19.8 Å². The molecule has 1 amide bonds. The SMILES string of the molecule is CCN1C(=O)C(C(C)=O)c2ccccc21. The van der Waals surface area contributed by atoms with Gasteiger partial charge in [-0.3, -0.25) is 9.59 Å². The van der Waals surface area contributed by atoms with Gasteiger partial charge >= 0.3 is 0 Å². The molecule has 0 aromatic heterocycles. The van der Waals surface area contributed by atoms with E-state index in [0.717, 1.165) is 11.3 Å². The Hall–Kier alpha value is -1.64. The maximum absolute atomic E-state index is 11.9. The lowest BCUT2D eigenvalue weighted by Crippen LogP contribution is -2.30. The number of nitrogens with zero attached hydrogens (tertiary/aromatic N) is 1. The molecule has 1 aromatic rings. The number of hydrogen-bond donors (Lipinski definition) is 0. The highest BCUT2D eigenvalue weighted by atomic mass is 16.2. The van der Waals surface area contributed by atoms with Crippen molar-refractivity contribution in [3.63, 3.8) is 0 Å². The first kappa shape index (κ1) is 9.90. The molecule has 15 heavy (non-hydrogen) atoms. The molecule has 0 radical (unpaired) electrons. The lowest BCUT2D eigenvalue weighted by atomic mass is 9.97. The first-order valence-electron chi connectivity index (χ1n) is 5.07. The largest absolute Gasteiger partial charge is 0.311 e. The second-order valence-electron chi connectivity index (χ2n) is 3.68. The fraction of sp³-hybridized carbons (Fsp3) is 0.333. The van der Waals surface area contributed by atoms with Crippen molar-refractivity contribution in [3.8, 4) is 0 Å². The number of Topliss-reactive ketones (excluding diaryl/α,β-unsaturated/α-hetero) is 1. The van der Waals surface area contributed by atoms with Crippen LogP contribution in [0.25, 0.3) is 0 Å². The predicted octanol–water partition coefficient (Wildman–Crippen LogP) is 1.73. The van der Waals surface area contributed by atoms with E-state index in [1.165, 1.54) is 6.92 Å². The Labute approximate surface area is 88.7 Å². The van der Waals surface area contributed by atoms with Crippen LogP contribution in [-0.2, 0) is 9.59 Å². The van der Waals surface area contributed by atoms with Gasteiger partial charge in [-0.2, -0.15) is 0 Å². The Morgan fingerprint density at radius 3 is 2.67 bits per heavy atom. The molecule has 3 heteroatoms. The van der Waals surface area contributed by atoms with E-state index in [1.807, 2.05) is 31.2 Å². The first-order valence-corrected chi connectivity index (χ1v) is 5.07. The molecule has 1 aliphatic heterocycles. The molecule has 3 nitrogen and oxygen atoms in total. The first-order chi connectivity index (χ1) is 7.16. The van der Waals surface area contributed by atoms with Gasteiger partial charge in [-0.15, -0.1) is 0 Å². The van der Waals surface area contributed by atoms with Crippen LogP contribution < -0.4 is 4.90 Å². The topological polar surface area (TPSA) is 37.4 Å². The Morgan fingerprint density at radius 1 is 1.40 bits per heavy atom. The van der Waals surface area contributed by atoms with Crippen LogP contribution in [0.4, 0.5) is 5.69 Å². The van der Waals surface area contributed by atoms with Gasteiger partial charge in [-0.05, 0) is 25.5 Å². The smallest absolute Gasteiger partial charge is 0.242 e. The predicted molar refractivity (Wildman–Crippen MR) is 57.9 cm³/mol. The van der Waals surface area contributed by atoms with Crippen molar-refractivity contribution < 1.29 is 9.59 Å². The van der Waals surface area contributed by atoms with Gasteiger partial charge in [-0.1, -0.05) is 18.2 Å². The van der Waals surface area contributed by atoms with Crippen LogP contribution >= 0.6 is 0 Å². The molecule has 0 aliphatic carbocycles. The monoisotopic (exact) mass is 203 g/mol. The highest BCUT2D eigenvalue weighted by molar-refractivity contribution is 6.17. The van der Waals surface area contributed by atoms with Gasteiger partial charge in [0.25, 0.3) is 0 Å². The summed E-state index contributed by atoms with van der Waals surface area (Å²) in [4.78, 5) is 25.0. The summed E-state index contributed by atoms with van der Waals surface area (Å²) in [5, 5.41) is 0. The quantitative estimate of drug-likeness (QED) is 0.686. The Kier molecular flexibility index (Phi) is 2.31. The van der Waals surface area contributed by atoms with Gasteiger partial charge in [0.05, 0.1) is 0 Å². The molecule has 2 rings (SSSR count). The maximum Gasteiger partial charge on any atom is 0.242 e. The molecule has 0 saturated carbocycles. The van der Waals surface area contributed by atoms with Crippen LogP contribution in [0, 0.1) is 0 Å². The maximum atomic E-state index is 11.9. The molecule has 0 fully saturated rings. The zero-order valence-corrected chi connectivity index (χ0v) is 8.86. The Balaban J connectivity index is 2.56. The number of anilines is 1. The minimum absolute atomic E-state index is 0.0802. The third kappa shape index (κ3) is 1.35. The summed E-state index contributed by atoms with van der Waals surface area (Å²) in [5.74, 6) is -0.754. The van der Waals surface area contributed by atoms with Gasteiger partial charge in [0.2, 0.25) is 5.91 Å². The van der Waals surface area contributed by atoms with Crippen LogP contribution in [0.1, 0.15) is 25.3 Å². The summed E-state index contributed by atoms with van der Waals surface area (Å²) in [6.07, 6.45) is 0. The number of carbonyl (C=O) groups is 2. The highest BCUT2D eigenvalue weighted by Crippen LogP contribution is 2.37. The molecular weight excluding hydrogens is 190 g/mol. The van der Waals surface area contributed by atoms with Crippen LogP contribution in [0.2, 0.25) is 0 Å². The number of hydrogen-bond acceptors (Lipinski definition) is 2. The molecule has 1 unspecified atom stereocenters. The minimum Gasteiger partial charge on any atom is -0.311 e. The number of rotatable bonds is 2. The van der Waals surface area contributed by atoms with E-state index in [2.05, 4.69) is 0 Å². The van der Waals surface area contributed by atoms with Crippen molar-refractivity contribution in [1.82, 2.24) is 0 Å². The summed E-state index contributed by atoms with van der Waals surface area (Å²) in [6.45, 7) is 4.00. The second-order valence-corrected chi connectivity index (χ2v) is 3.68. The molecule has 1 aromatic carbocycles. The lowest BCUT2D eigenvalue weighted by molar-refractivity contribution is -0.127.